The first-order chi connectivity index (χ1) is 6.97. The molecule has 0 aromatic carbocycles. The Balaban J connectivity index is 3.40. The molecule has 0 radical (unpaired) electrons. The van der Waals surface area contributed by atoms with E-state index in [0.717, 1.165) is 0 Å². The third-order valence-electron chi connectivity index (χ3n) is 2.17. The van der Waals surface area contributed by atoms with E-state index in [-0.39, 0.29) is 23.0 Å². The van der Waals surface area contributed by atoms with Gasteiger partial charge in [0.05, 0.1) is 0 Å². The zero-order chi connectivity index (χ0) is 11.6. The van der Waals surface area contributed by atoms with E-state index in [4.69, 9.17) is 5.73 Å². The smallest absolute Gasteiger partial charge is 0.332 e. The van der Waals surface area contributed by atoms with Gasteiger partial charge < -0.3 is 5.73 Å². The van der Waals surface area contributed by atoms with Gasteiger partial charge in [0.25, 0.3) is 5.56 Å². The zero-order valence-corrected chi connectivity index (χ0v) is 9.36. The third-order valence-corrected chi connectivity index (χ3v) is 2.17. The molecular weight excluding hydrogens is 194 g/mol. The normalized spacial score (nSPS) is 10.9. The van der Waals surface area contributed by atoms with Gasteiger partial charge in [-0.3, -0.25) is 13.9 Å². The van der Waals surface area contributed by atoms with Crippen LogP contribution in [0.5, 0.6) is 0 Å². The summed E-state index contributed by atoms with van der Waals surface area (Å²) in [5, 5.41) is 0. The van der Waals surface area contributed by atoms with Crippen LogP contribution < -0.4 is 17.0 Å². The SMILES string of the molecule is CCn1c(N)cc(=O)n(CC(C)C)c1=O. The van der Waals surface area contributed by atoms with Crippen molar-refractivity contribution in [1.82, 2.24) is 9.13 Å². The maximum absolute atomic E-state index is 11.8. The highest BCUT2D eigenvalue weighted by molar-refractivity contribution is 5.26. The number of nitrogens with zero attached hydrogens (tertiary/aromatic N) is 2. The van der Waals surface area contributed by atoms with Crippen LogP contribution in [0.3, 0.4) is 0 Å². The lowest BCUT2D eigenvalue weighted by Gasteiger charge is -2.12. The number of nitrogen functional groups attached to an aromatic ring is 1. The minimum atomic E-state index is -0.323. The lowest BCUT2D eigenvalue weighted by Crippen LogP contribution is -2.41. The quantitative estimate of drug-likeness (QED) is 0.780. The molecule has 0 amide bonds. The predicted octanol–water partition coefficient (Wildman–Crippen LogP) is 0.268. The summed E-state index contributed by atoms with van der Waals surface area (Å²) in [5.41, 5.74) is 4.94. The van der Waals surface area contributed by atoms with Gasteiger partial charge in [-0.2, -0.15) is 0 Å². The molecule has 2 N–H and O–H groups in total. The average Bonchev–Trinajstić information content (AvgIpc) is 2.12. The molecule has 5 nitrogen and oxygen atoms in total. The van der Waals surface area contributed by atoms with Crippen LogP contribution in [0.2, 0.25) is 0 Å². The summed E-state index contributed by atoms with van der Waals surface area (Å²) in [6, 6.07) is 1.30. The molecule has 0 bridgehead atoms. The summed E-state index contributed by atoms with van der Waals surface area (Å²) >= 11 is 0. The maximum Gasteiger partial charge on any atom is 0.332 e. The third kappa shape index (κ3) is 2.29. The van der Waals surface area contributed by atoms with Crippen molar-refractivity contribution in [1.29, 1.82) is 0 Å². The lowest BCUT2D eigenvalue weighted by molar-refractivity contribution is 0.474. The molecule has 0 aliphatic heterocycles. The van der Waals surface area contributed by atoms with Crippen LogP contribution in [-0.2, 0) is 13.1 Å². The number of hydrogen-bond donors (Lipinski definition) is 1. The van der Waals surface area contributed by atoms with E-state index in [2.05, 4.69) is 0 Å². The molecule has 1 aromatic rings. The van der Waals surface area contributed by atoms with E-state index in [9.17, 15) is 9.59 Å². The van der Waals surface area contributed by atoms with Gasteiger partial charge in [-0.25, -0.2) is 4.79 Å². The van der Waals surface area contributed by atoms with Gasteiger partial charge in [0.1, 0.15) is 5.82 Å². The maximum atomic E-state index is 11.8. The Kier molecular flexibility index (Phi) is 3.34. The van der Waals surface area contributed by atoms with E-state index in [0.29, 0.717) is 13.1 Å². The molecule has 0 spiro atoms. The van der Waals surface area contributed by atoms with E-state index in [1.54, 1.807) is 0 Å². The van der Waals surface area contributed by atoms with Gasteiger partial charge in [0.15, 0.2) is 0 Å². The molecule has 0 atom stereocenters. The van der Waals surface area contributed by atoms with Crippen molar-refractivity contribution in [3.05, 3.63) is 26.9 Å². The first kappa shape index (κ1) is 11.6. The summed E-state index contributed by atoms with van der Waals surface area (Å²) in [4.78, 5) is 23.4. The number of rotatable bonds is 3. The van der Waals surface area contributed by atoms with Crippen LogP contribution in [0.15, 0.2) is 15.7 Å². The second-order valence-electron chi connectivity index (χ2n) is 3.94. The molecule has 0 saturated carbocycles. The van der Waals surface area contributed by atoms with Crippen LogP contribution >= 0.6 is 0 Å². The molecule has 5 heteroatoms. The molecule has 0 saturated heterocycles. The molecule has 0 aliphatic carbocycles. The molecule has 84 valence electrons. The molecule has 1 aromatic heterocycles. The lowest BCUT2D eigenvalue weighted by atomic mass is 10.2. The minimum absolute atomic E-state index is 0.229. The highest BCUT2D eigenvalue weighted by Gasteiger charge is 2.08. The Morgan fingerprint density at radius 2 is 1.93 bits per heavy atom. The molecule has 0 fully saturated rings. The number of hydrogen-bond acceptors (Lipinski definition) is 3. The van der Waals surface area contributed by atoms with Crippen LogP contribution in [-0.4, -0.2) is 9.13 Å². The van der Waals surface area contributed by atoms with Gasteiger partial charge >= 0.3 is 5.69 Å². The van der Waals surface area contributed by atoms with Gasteiger partial charge in [-0.05, 0) is 12.8 Å². The summed E-state index contributed by atoms with van der Waals surface area (Å²) in [5.74, 6) is 0.483. The van der Waals surface area contributed by atoms with Crippen LogP contribution in [0, 0.1) is 5.92 Å². The second-order valence-corrected chi connectivity index (χ2v) is 3.94. The fourth-order valence-corrected chi connectivity index (χ4v) is 1.48. The fourth-order valence-electron chi connectivity index (χ4n) is 1.48. The monoisotopic (exact) mass is 211 g/mol. The Bertz CT molecular complexity index is 457. The molecule has 1 heterocycles. The van der Waals surface area contributed by atoms with Crippen molar-refractivity contribution in [3.8, 4) is 0 Å². The van der Waals surface area contributed by atoms with Crippen molar-refractivity contribution >= 4 is 5.82 Å². The summed E-state index contributed by atoms with van der Waals surface area (Å²) in [7, 11) is 0. The molecular formula is C10H17N3O2. The first-order valence-corrected chi connectivity index (χ1v) is 5.07. The summed E-state index contributed by atoms with van der Waals surface area (Å²) in [6.07, 6.45) is 0. The zero-order valence-electron chi connectivity index (χ0n) is 9.36. The topological polar surface area (TPSA) is 70.0 Å². The first-order valence-electron chi connectivity index (χ1n) is 5.07. The highest BCUT2D eigenvalue weighted by Crippen LogP contribution is 1.96. The van der Waals surface area contributed by atoms with Crippen molar-refractivity contribution in [3.63, 3.8) is 0 Å². The van der Waals surface area contributed by atoms with E-state index < -0.39 is 0 Å². The molecule has 15 heavy (non-hydrogen) atoms. The standard InChI is InChI=1S/C10H17N3O2/c1-4-12-8(11)5-9(14)13(10(12)15)6-7(2)3/h5,7H,4,6,11H2,1-3H3. The molecule has 0 aliphatic rings. The largest absolute Gasteiger partial charge is 0.385 e. The van der Waals surface area contributed by atoms with Crippen LogP contribution in [0.25, 0.3) is 0 Å². The average molecular weight is 211 g/mol. The highest BCUT2D eigenvalue weighted by atomic mass is 16.2. The Morgan fingerprint density at radius 3 is 2.40 bits per heavy atom. The fraction of sp³-hybridized carbons (Fsp3) is 0.600. The van der Waals surface area contributed by atoms with Crippen LogP contribution in [0.4, 0.5) is 5.82 Å². The van der Waals surface area contributed by atoms with Gasteiger partial charge in [0, 0.05) is 19.2 Å². The second kappa shape index (κ2) is 4.33. The summed E-state index contributed by atoms with van der Waals surface area (Å²) in [6.45, 7) is 6.64. The van der Waals surface area contributed by atoms with Gasteiger partial charge in [0.2, 0.25) is 0 Å². The van der Waals surface area contributed by atoms with Crippen molar-refractivity contribution in [2.75, 3.05) is 5.73 Å². The van der Waals surface area contributed by atoms with Gasteiger partial charge in [-0.15, -0.1) is 0 Å². The Hall–Kier alpha value is -1.52. The molecule has 0 unspecified atom stereocenters. The summed E-state index contributed by atoms with van der Waals surface area (Å²) < 4.78 is 2.62. The Morgan fingerprint density at radius 1 is 1.33 bits per heavy atom. The van der Waals surface area contributed by atoms with E-state index >= 15 is 0 Å². The Labute approximate surface area is 88.1 Å². The van der Waals surface area contributed by atoms with E-state index in [1.165, 1.54) is 15.2 Å². The number of anilines is 1. The van der Waals surface area contributed by atoms with Crippen molar-refractivity contribution in [2.45, 2.75) is 33.9 Å². The number of aromatic nitrogens is 2. The van der Waals surface area contributed by atoms with E-state index in [1.807, 2.05) is 20.8 Å². The number of nitrogens with two attached hydrogens (primary N) is 1. The van der Waals surface area contributed by atoms with Crippen LogP contribution in [0.1, 0.15) is 20.8 Å². The van der Waals surface area contributed by atoms with Crippen molar-refractivity contribution < 1.29 is 0 Å². The van der Waals surface area contributed by atoms with Gasteiger partial charge in [-0.1, -0.05) is 13.8 Å². The predicted molar refractivity (Wildman–Crippen MR) is 59.9 cm³/mol. The van der Waals surface area contributed by atoms with Crippen molar-refractivity contribution in [2.24, 2.45) is 5.92 Å². The minimum Gasteiger partial charge on any atom is -0.385 e. The molecule has 1 rings (SSSR count).